The first-order valence-electron chi connectivity index (χ1n) is 5.50. The predicted molar refractivity (Wildman–Crippen MR) is 67.2 cm³/mol. The average Bonchev–Trinajstić information content (AvgIpc) is 2.20. The fourth-order valence-electron chi connectivity index (χ4n) is 1.31. The van der Waals surface area contributed by atoms with Gasteiger partial charge in [-0.15, -0.1) is 0 Å². The molecular formula is C13H20N2O. The monoisotopic (exact) mass is 220 g/mol. The van der Waals surface area contributed by atoms with Crippen molar-refractivity contribution >= 4 is 5.84 Å². The Labute approximate surface area is 97.1 Å². The van der Waals surface area contributed by atoms with Gasteiger partial charge in [0, 0.05) is 0 Å². The van der Waals surface area contributed by atoms with Crippen LogP contribution in [0, 0.1) is 12.3 Å². The second-order valence-corrected chi connectivity index (χ2v) is 4.63. The fraction of sp³-hybridized carbons (Fsp3) is 0.462. The third-order valence-corrected chi connectivity index (χ3v) is 2.66. The van der Waals surface area contributed by atoms with Crippen LogP contribution >= 0.6 is 0 Å². The SMILES string of the molecule is CCC(C)(C)Oc1ccc(C)cc1C(=N)N. The Balaban J connectivity index is 3.09. The van der Waals surface area contributed by atoms with Gasteiger partial charge in [0.2, 0.25) is 0 Å². The van der Waals surface area contributed by atoms with Crippen LogP contribution in [0.5, 0.6) is 5.75 Å². The Kier molecular flexibility index (Phi) is 3.58. The lowest BCUT2D eigenvalue weighted by Gasteiger charge is -2.26. The molecule has 0 radical (unpaired) electrons. The summed E-state index contributed by atoms with van der Waals surface area (Å²) in [6.07, 6.45) is 0.901. The summed E-state index contributed by atoms with van der Waals surface area (Å²) >= 11 is 0. The summed E-state index contributed by atoms with van der Waals surface area (Å²) in [7, 11) is 0. The van der Waals surface area contributed by atoms with Crippen LogP contribution in [0.2, 0.25) is 0 Å². The minimum atomic E-state index is -0.237. The standard InChI is InChI=1S/C13H20N2O/c1-5-13(3,4)16-11-7-6-9(2)8-10(11)12(14)15/h6-8H,5H2,1-4H3,(H3,14,15). The smallest absolute Gasteiger partial charge is 0.131 e. The maximum atomic E-state index is 7.54. The highest BCUT2D eigenvalue weighted by atomic mass is 16.5. The molecule has 0 aliphatic carbocycles. The van der Waals surface area contributed by atoms with Crippen LogP contribution in [-0.4, -0.2) is 11.4 Å². The van der Waals surface area contributed by atoms with E-state index in [-0.39, 0.29) is 11.4 Å². The molecule has 3 N–H and O–H groups in total. The van der Waals surface area contributed by atoms with Crippen molar-refractivity contribution in [3.05, 3.63) is 29.3 Å². The molecule has 0 spiro atoms. The van der Waals surface area contributed by atoms with E-state index < -0.39 is 0 Å². The van der Waals surface area contributed by atoms with Crippen molar-refractivity contribution in [2.45, 2.75) is 39.7 Å². The quantitative estimate of drug-likeness (QED) is 0.605. The summed E-state index contributed by atoms with van der Waals surface area (Å²) in [5.74, 6) is 0.732. The van der Waals surface area contributed by atoms with Crippen molar-refractivity contribution in [1.29, 1.82) is 5.41 Å². The Morgan fingerprint density at radius 3 is 2.56 bits per heavy atom. The summed E-state index contributed by atoms with van der Waals surface area (Å²) in [6, 6.07) is 5.72. The molecule has 0 unspecified atom stereocenters. The molecule has 1 rings (SSSR count). The maximum Gasteiger partial charge on any atom is 0.131 e. The van der Waals surface area contributed by atoms with Gasteiger partial charge < -0.3 is 10.5 Å². The van der Waals surface area contributed by atoms with Gasteiger partial charge >= 0.3 is 0 Å². The van der Waals surface area contributed by atoms with Crippen LogP contribution in [0.1, 0.15) is 38.3 Å². The molecule has 3 heteroatoms. The zero-order valence-corrected chi connectivity index (χ0v) is 10.4. The first kappa shape index (κ1) is 12.6. The van der Waals surface area contributed by atoms with E-state index in [0.717, 1.165) is 12.0 Å². The molecule has 0 atom stereocenters. The molecule has 0 heterocycles. The number of nitrogen functional groups attached to an aromatic ring is 1. The molecule has 0 aromatic heterocycles. The minimum Gasteiger partial charge on any atom is -0.487 e. The van der Waals surface area contributed by atoms with Gasteiger partial charge in [-0.1, -0.05) is 18.6 Å². The Morgan fingerprint density at radius 2 is 2.06 bits per heavy atom. The van der Waals surface area contributed by atoms with Crippen molar-refractivity contribution in [3.63, 3.8) is 0 Å². The average molecular weight is 220 g/mol. The van der Waals surface area contributed by atoms with E-state index in [2.05, 4.69) is 6.92 Å². The molecule has 1 aromatic carbocycles. The lowest BCUT2D eigenvalue weighted by Crippen LogP contribution is -2.28. The van der Waals surface area contributed by atoms with Crippen LogP contribution in [0.15, 0.2) is 18.2 Å². The van der Waals surface area contributed by atoms with E-state index >= 15 is 0 Å². The molecule has 3 nitrogen and oxygen atoms in total. The molecule has 88 valence electrons. The highest BCUT2D eigenvalue weighted by Gasteiger charge is 2.19. The second kappa shape index (κ2) is 4.56. The summed E-state index contributed by atoms with van der Waals surface area (Å²) < 4.78 is 5.88. The summed E-state index contributed by atoms with van der Waals surface area (Å²) in [4.78, 5) is 0. The number of benzene rings is 1. The lowest BCUT2D eigenvalue weighted by molar-refractivity contribution is 0.105. The molecule has 0 aliphatic heterocycles. The third kappa shape index (κ3) is 2.99. The topological polar surface area (TPSA) is 59.1 Å². The van der Waals surface area contributed by atoms with Crippen LogP contribution in [0.4, 0.5) is 0 Å². The van der Waals surface area contributed by atoms with Gasteiger partial charge in [-0.2, -0.15) is 0 Å². The number of hydrogen-bond acceptors (Lipinski definition) is 2. The van der Waals surface area contributed by atoms with Gasteiger partial charge in [-0.3, -0.25) is 5.41 Å². The highest BCUT2D eigenvalue weighted by molar-refractivity contribution is 5.97. The number of hydrogen-bond donors (Lipinski definition) is 2. The first-order valence-corrected chi connectivity index (χ1v) is 5.50. The summed E-state index contributed by atoms with van der Waals surface area (Å²) in [5, 5.41) is 7.54. The molecular weight excluding hydrogens is 200 g/mol. The number of rotatable bonds is 4. The zero-order chi connectivity index (χ0) is 12.3. The molecule has 0 fully saturated rings. The number of ether oxygens (including phenoxy) is 1. The first-order chi connectivity index (χ1) is 7.35. The van der Waals surface area contributed by atoms with E-state index in [4.69, 9.17) is 15.9 Å². The predicted octanol–water partition coefficient (Wildman–Crippen LogP) is 2.85. The van der Waals surface area contributed by atoms with Gasteiger partial charge in [0.25, 0.3) is 0 Å². The van der Waals surface area contributed by atoms with E-state index in [1.54, 1.807) is 0 Å². The van der Waals surface area contributed by atoms with Crippen molar-refractivity contribution in [3.8, 4) is 5.75 Å². The Hall–Kier alpha value is -1.51. The van der Waals surface area contributed by atoms with Crippen LogP contribution in [0.25, 0.3) is 0 Å². The normalized spacial score (nSPS) is 11.2. The molecule has 0 aliphatic rings. The minimum absolute atomic E-state index is 0.0469. The molecule has 0 saturated heterocycles. The number of amidine groups is 1. The van der Waals surface area contributed by atoms with E-state index in [9.17, 15) is 0 Å². The number of nitrogens with two attached hydrogens (primary N) is 1. The fourth-order valence-corrected chi connectivity index (χ4v) is 1.31. The van der Waals surface area contributed by atoms with Gasteiger partial charge in [-0.25, -0.2) is 0 Å². The molecule has 1 aromatic rings. The number of nitrogens with one attached hydrogen (secondary N) is 1. The number of aryl methyl sites for hydroxylation is 1. The van der Waals surface area contributed by atoms with Crippen molar-refractivity contribution in [1.82, 2.24) is 0 Å². The second-order valence-electron chi connectivity index (χ2n) is 4.63. The summed E-state index contributed by atoms with van der Waals surface area (Å²) in [6.45, 7) is 8.09. The third-order valence-electron chi connectivity index (χ3n) is 2.66. The van der Waals surface area contributed by atoms with Crippen molar-refractivity contribution in [2.24, 2.45) is 5.73 Å². The Morgan fingerprint density at radius 1 is 1.44 bits per heavy atom. The van der Waals surface area contributed by atoms with Crippen LogP contribution in [0.3, 0.4) is 0 Å². The lowest BCUT2D eigenvalue weighted by atomic mass is 10.1. The largest absolute Gasteiger partial charge is 0.487 e. The van der Waals surface area contributed by atoms with Gasteiger partial charge in [0.1, 0.15) is 17.2 Å². The molecule has 16 heavy (non-hydrogen) atoms. The van der Waals surface area contributed by atoms with E-state index in [1.807, 2.05) is 39.0 Å². The highest BCUT2D eigenvalue weighted by Crippen LogP contribution is 2.25. The van der Waals surface area contributed by atoms with Crippen molar-refractivity contribution in [2.75, 3.05) is 0 Å². The van der Waals surface area contributed by atoms with E-state index in [0.29, 0.717) is 11.3 Å². The maximum absolute atomic E-state index is 7.54. The van der Waals surface area contributed by atoms with Gasteiger partial charge in [-0.05, 0) is 39.3 Å². The van der Waals surface area contributed by atoms with E-state index in [1.165, 1.54) is 0 Å². The molecule has 0 amide bonds. The molecule has 0 saturated carbocycles. The zero-order valence-electron chi connectivity index (χ0n) is 10.4. The Bertz CT molecular complexity index is 397. The van der Waals surface area contributed by atoms with Crippen LogP contribution in [-0.2, 0) is 0 Å². The van der Waals surface area contributed by atoms with Crippen molar-refractivity contribution < 1.29 is 4.74 Å². The van der Waals surface area contributed by atoms with Gasteiger partial charge in [0.15, 0.2) is 0 Å². The summed E-state index contributed by atoms with van der Waals surface area (Å²) in [5.41, 5.74) is 7.05. The van der Waals surface area contributed by atoms with Gasteiger partial charge in [0.05, 0.1) is 5.56 Å². The molecule has 0 bridgehead atoms. The van der Waals surface area contributed by atoms with Crippen LogP contribution < -0.4 is 10.5 Å².